The molecule has 35 heavy (non-hydrogen) atoms. The molecule has 1 heterocycles. The summed E-state index contributed by atoms with van der Waals surface area (Å²) in [6.45, 7) is 3.79. The molecular weight excluding hydrogens is 440 g/mol. The van der Waals surface area contributed by atoms with Gasteiger partial charge < -0.3 is 9.64 Å². The lowest BCUT2D eigenvalue weighted by Gasteiger charge is -2.21. The Bertz CT molecular complexity index is 1300. The summed E-state index contributed by atoms with van der Waals surface area (Å²) in [5.41, 5.74) is 2.97. The second-order valence-corrected chi connectivity index (χ2v) is 7.77. The van der Waals surface area contributed by atoms with Gasteiger partial charge in [0.25, 0.3) is 5.91 Å². The van der Waals surface area contributed by atoms with Crippen LogP contribution in [0.5, 0.6) is 5.75 Å². The topological polar surface area (TPSA) is 76.5 Å². The van der Waals surface area contributed by atoms with E-state index in [1.165, 1.54) is 4.90 Å². The molecule has 0 radical (unpaired) electrons. The lowest BCUT2D eigenvalue weighted by atomic mass is 10.2. The first-order chi connectivity index (χ1) is 17.1. The summed E-state index contributed by atoms with van der Waals surface area (Å²) in [5.74, 6) is 0.377. The third-order valence-corrected chi connectivity index (χ3v) is 5.37. The number of methoxy groups -OCH3 is 1. The van der Waals surface area contributed by atoms with Crippen LogP contribution in [-0.2, 0) is 4.79 Å². The zero-order valence-electron chi connectivity index (χ0n) is 19.4. The van der Waals surface area contributed by atoms with Crippen LogP contribution in [0.1, 0.15) is 10.4 Å². The second-order valence-electron chi connectivity index (χ2n) is 7.77. The quantitative estimate of drug-likeness (QED) is 0.359. The summed E-state index contributed by atoms with van der Waals surface area (Å²) in [6.07, 6.45) is 3.47. The Morgan fingerprint density at radius 1 is 1.00 bits per heavy atom. The molecule has 0 bridgehead atoms. The smallest absolute Gasteiger partial charge is 0.254 e. The Labute approximate surface area is 204 Å². The van der Waals surface area contributed by atoms with Crippen molar-refractivity contribution in [2.24, 2.45) is 0 Å². The molecule has 0 spiro atoms. The van der Waals surface area contributed by atoms with Gasteiger partial charge in [-0.1, -0.05) is 54.6 Å². The first-order valence-corrected chi connectivity index (χ1v) is 11.1. The maximum Gasteiger partial charge on any atom is 0.254 e. The van der Waals surface area contributed by atoms with E-state index >= 15 is 0 Å². The van der Waals surface area contributed by atoms with Gasteiger partial charge in [-0.05, 0) is 36.4 Å². The van der Waals surface area contributed by atoms with E-state index in [1.54, 1.807) is 37.5 Å². The van der Waals surface area contributed by atoms with Crippen LogP contribution in [-0.4, -0.2) is 46.5 Å². The van der Waals surface area contributed by atoms with E-state index in [0.29, 0.717) is 17.3 Å². The summed E-state index contributed by atoms with van der Waals surface area (Å²) in [6, 6.07) is 26.1. The number of imidazole rings is 1. The van der Waals surface area contributed by atoms with E-state index in [2.05, 4.69) is 16.9 Å². The molecule has 0 saturated heterocycles. The van der Waals surface area contributed by atoms with Crippen molar-refractivity contribution in [3.05, 3.63) is 109 Å². The molecule has 0 saturated carbocycles. The molecular formula is C28H26N4O3. The maximum atomic E-state index is 13.1. The lowest BCUT2D eigenvalue weighted by molar-refractivity contribution is -0.116. The second kappa shape index (κ2) is 11.0. The van der Waals surface area contributed by atoms with Gasteiger partial charge in [-0.15, -0.1) is 6.58 Å². The van der Waals surface area contributed by atoms with Gasteiger partial charge in [0.1, 0.15) is 12.3 Å². The van der Waals surface area contributed by atoms with Gasteiger partial charge in [0.05, 0.1) is 12.8 Å². The first kappa shape index (κ1) is 23.5. The number of amides is 2. The van der Waals surface area contributed by atoms with E-state index in [1.807, 2.05) is 71.4 Å². The number of carbonyl (C=O) groups is 2. The van der Waals surface area contributed by atoms with Crippen molar-refractivity contribution in [1.29, 1.82) is 0 Å². The van der Waals surface area contributed by atoms with Crippen molar-refractivity contribution in [1.82, 2.24) is 14.5 Å². The van der Waals surface area contributed by atoms with Crippen LogP contribution < -0.4 is 10.1 Å². The Morgan fingerprint density at radius 2 is 1.66 bits per heavy atom. The molecule has 7 nitrogen and oxygen atoms in total. The number of ether oxygens (including phenoxy) is 1. The molecule has 0 fully saturated rings. The monoisotopic (exact) mass is 466 g/mol. The molecule has 0 aliphatic carbocycles. The van der Waals surface area contributed by atoms with Gasteiger partial charge in [0.15, 0.2) is 0 Å². The van der Waals surface area contributed by atoms with Crippen LogP contribution in [0.2, 0.25) is 0 Å². The number of carbonyl (C=O) groups excluding carboxylic acids is 2. The van der Waals surface area contributed by atoms with Crippen LogP contribution in [0, 0.1) is 0 Å². The van der Waals surface area contributed by atoms with Crippen molar-refractivity contribution in [3.8, 4) is 22.7 Å². The predicted molar refractivity (Wildman–Crippen MR) is 137 cm³/mol. The Hall–Kier alpha value is -4.65. The standard InChI is InChI=1S/C28H26N4O3/c1-3-18-31(27(34)22-14-16-24(35-2)17-15-22)20-26(33)30-28-29-25(21-10-6-4-7-11-21)19-32(28)23-12-8-5-9-13-23/h3-17,19H,1,18,20H2,2H3,(H,29,30,33). The predicted octanol–water partition coefficient (Wildman–Crippen LogP) is 4.81. The minimum absolute atomic E-state index is 0.154. The molecule has 4 aromatic rings. The van der Waals surface area contributed by atoms with Gasteiger partial charge >= 0.3 is 0 Å². The fourth-order valence-electron chi connectivity index (χ4n) is 3.63. The van der Waals surface area contributed by atoms with Gasteiger partial charge in [-0.3, -0.25) is 19.5 Å². The average molecular weight is 467 g/mol. The number of nitrogens with zero attached hydrogens (tertiary/aromatic N) is 3. The Balaban J connectivity index is 1.57. The van der Waals surface area contributed by atoms with Crippen LogP contribution in [0.3, 0.4) is 0 Å². The van der Waals surface area contributed by atoms with Crippen LogP contribution in [0.4, 0.5) is 5.95 Å². The Morgan fingerprint density at radius 3 is 2.29 bits per heavy atom. The normalized spacial score (nSPS) is 10.4. The third kappa shape index (κ3) is 5.65. The van der Waals surface area contributed by atoms with E-state index < -0.39 is 0 Å². The number of benzene rings is 3. The SMILES string of the molecule is C=CCN(CC(=O)Nc1nc(-c2ccccc2)cn1-c1ccccc1)C(=O)c1ccc(OC)cc1. The number of hydrogen-bond donors (Lipinski definition) is 1. The Kier molecular flexibility index (Phi) is 7.37. The van der Waals surface area contributed by atoms with Gasteiger partial charge in [-0.2, -0.15) is 0 Å². The fourth-order valence-corrected chi connectivity index (χ4v) is 3.63. The molecule has 7 heteroatoms. The van der Waals surface area contributed by atoms with Gasteiger partial charge in [0, 0.05) is 29.6 Å². The number of para-hydroxylation sites is 1. The summed E-state index contributed by atoms with van der Waals surface area (Å²) in [4.78, 5) is 32.2. The molecule has 2 amide bonds. The summed E-state index contributed by atoms with van der Waals surface area (Å²) < 4.78 is 6.98. The van der Waals surface area contributed by atoms with E-state index in [0.717, 1.165) is 16.9 Å². The summed E-state index contributed by atoms with van der Waals surface area (Å²) in [5, 5.41) is 2.88. The van der Waals surface area contributed by atoms with Crippen molar-refractivity contribution < 1.29 is 14.3 Å². The molecule has 4 rings (SSSR count). The number of nitrogens with one attached hydrogen (secondary N) is 1. The molecule has 0 aliphatic rings. The number of rotatable bonds is 9. The van der Waals surface area contributed by atoms with Crippen molar-refractivity contribution in [2.45, 2.75) is 0 Å². The lowest BCUT2D eigenvalue weighted by Crippen LogP contribution is -2.38. The first-order valence-electron chi connectivity index (χ1n) is 11.1. The largest absolute Gasteiger partial charge is 0.497 e. The van der Waals surface area contributed by atoms with Crippen molar-refractivity contribution in [3.63, 3.8) is 0 Å². The molecule has 0 atom stereocenters. The van der Waals surface area contributed by atoms with Gasteiger partial charge in [-0.25, -0.2) is 4.98 Å². The minimum Gasteiger partial charge on any atom is -0.497 e. The maximum absolute atomic E-state index is 13.1. The van der Waals surface area contributed by atoms with Crippen LogP contribution >= 0.6 is 0 Å². The average Bonchev–Trinajstić information content (AvgIpc) is 3.32. The molecule has 1 N–H and O–H groups in total. The van der Waals surface area contributed by atoms with Crippen molar-refractivity contribution >= 4 is 17.8 Å². The van der Waals surface area contributed by atoms with Gasteiger partial charge in [0.2, 0.25) is 11.9 Å². The number of anilines is 1. The van der Waals surface area contributed by atoms with Crippen LogP contribution in [0.25, 0.3) is 16.9 Å². The molecule has 3 aromatic carbocycles. The highest BCUT2D eigenvalue weighted by molar-refractivity contribution is 5.99. The zero-order chi connectivity index (χ0) is 24.6. The summed E-state index contributed by atoms with van der Waals surface area (Å²) in [7, 11) is 1.56. The third-order valence-electron chi connectivity index (χ3n) is 5.37. The minimum atomic E-state index is -0.365. The fraction of sp³-hybridized carbons (Fsp3) is 0.107. The summed E-state index contributed by atoms with van der Waals surface area (Å²) >= 11 is 0. The van der Waals surface area contributed by atoms with E-state index in [-0.39, 0.29) is 24.9 Å². The molecule has 0 aliphatic heterocycles. The molecule has 0 unspecified atom stereocenters. The van der Waals surface area contributed by atoms with Crippen LogP contribution in [0.15, 0.2) is 104 Å². The zero-order valence-corrected chi connectivity index (χ0v) is 19.4. The highest BCUT2D eigenvalue weighted by atomic mass is 16.5. The highest BCUT2D eigenvalue weighted by Gasteiger charge is 2.20. The number of aromatic nitrogens is 2. The van der Waals surface area contributed by atoms with Crippen molar-refractivity contribution in [2.75, 3.05) is 25.5 Å². The van der Waals surface area contributed by atoms with E-state index in [9.17, 15) is 9.59 Å². The molecule has 1 aromatic heterocycles. The number of hydrogen-bond acceptors (Lipinski definition) is 4. The van der Waals surface area contributed by atoms with E-state index in [4.69, 9.17) is 4.74 Å². The highest BCUT2D eigenvalue weighted by Crippen LogP contribution is 2.24. The molecule has 176 valence electrons.